The highest BCUT2D eigenvalue weighted by Gasteiger charge is 2.13. The molecule has 1 unspecified atom stereocenters. The summed E-state index contributed by atoms with van der Waals surface area (Å²) in [5, 5.41) is 0. The smallest absolute Gasteiger partial charge is 0.165 e. The lowest BCUT2D eigenvalue weighted by atomic mass is 9.96. The van der Waals surface area contributed by atoms with Gasteiger partial charge in [-0.15, -0.1) is 0 Å². The fraction of sp³-hybridized carbons (Fsp3) is 0.500. The van der Waals surface area contributed by atoms with Crippen molar-refractivity contribution in [1.82, 2.24) is 0 Å². The van der Waals surface area contributed by atoms with Crippen molar-refractivity contribution < 1.29 is 13.5 Å². The van der Waals surface area contributed by atoms with Crippen LogP contribution in [0.4, 0.5) is 8.78 Å². The summed E-state index contributed by atoms with van der Waals surface area (Å²) in [6.45, 7) is 2.46. The molecule has 0 aromatic heterocycles. The first-order valence-electron chi connectivity index (χ1n) is 5.34. The van der Waals surface area contributed by atoms with E-state index in [4.69, 9.17) is 10.5 Å². The van der Waals surface area contributed by atoms with Crippen LogP contribution in [0.25, 0.3) is 0 Å². The van der Waals surface area contributed by atoms with E-state index in [0.717, 1.165) is 12.5 Å². The fourth-order valence-electron chi connectivity index (χ4n) is 1.59. The van der Waals surface area contributed by atoms with Gasteiger partial charge in [0.1, 0.15) is 5.82 Å². The number of halogens is 2. The average Bonchev–Trinajstić information content (AvgIpc) is 2.29. The number of rotatable bonds is 5. The number of hydrogen-bond donors (Lipinski definition) is 1. The Hall–Kier alpha value is -1.16. The van der Waals surface area contributed by atoms with Crippen molar-refractivity contribution in [3.8, 4) is 5.75 Å². The van der Waals surface area contributed by atoms with E-state index in [9.17, 15) is 8.78 Å². The zero-order chi connectivity index (χ0) is 12.1. The molecule has 2 N–H and O–H groups in total. The second-order valence-electron chi connectivity index (χ2n) is 3.79. The number of hydrogen-bond acceptors (Lipinski definition) is 2. The van der Waals surface area contributed by atoms with Crippen LogP contribution in [0.15, 0.2) is 12.1 Å². The SMILES string of the molecule is CCC(CN)Cc1cc(F)c(OC)cc1F. The van der Waals surface area contributed by atoms with Gasteiger partial charge in [-0.25, -0.2) is 8.78 Å². The van der Waals surface area contributed by atoms with Crippen molar-refractivity contribution in [3.05, 3.63) is 29.3 Å². The number of ether oxygens (including phenoxy) is 1. The molecule has 0 aliphatic carbocycles. The molecule has 0 spiro atoms. The third kappa shape index (κ3) is 2.92. The Morgan fingerprint density at radius 3 is 2.50 bits per heavy atom. The lowest BCUT2D eigenvalue weighted by Gasteiger charge is -2.13. The molecule has 0 aliphatic heterocycles. The minimum absolute atomic E-state index is 0.0675. The molecule has 0 radical (unpaired) electrons. The van der Waals surface area contributed by atoms with E-state index < -0.39 is 11.6 Å². The molecule has 16 heavy (non-hydrogen) atoms. The molecule has 0 fully saturated rings. The van der Waals surface area contributed by atoms with Gasteiger partial charge in [0.15, 0.2) is 11.6 Å². The standard InChI is InChI=1S/C12H17F2NO/c1-3-8(7-15)4-9-5-11(14)12(16-2)6-10(9)13/h5-6,8H,3-4,7,15H2,1-2H3. The molecule has 2 nitrogen and oxygen atoms in total. The van der Waals surface area contributed by atoms with Gasteiger partial charge >= 0.3 is 0 Å². The molecule has 1 aromatic rings. The van der Waals surface area contributed by atoms with Gasteiger partial charge in [0, 0.05) is 6.07 Å². The van der Waals surface area contributed by atoms with E-state index in [0.29, 0.717) is 18.5 Å². The predicted octanol–water partition coefficient (Wildman–Crippen LogP) is 2.50. The molecule has 0 amide bonds. The second kappa shape index (κ2) is 5.80. The Labute approximate surface area is 94.4 Å². The molecule has 0 saturated heterocycles. The van der Waals surface area contributed by atoms with Crippen LogP contribution in [-0.4, -0.2) is 13.7 Å². The first-order chi connectivity index (χ1) is 7.62. The van der Waals surface area contributed by atoms with E-state index in [1.807, 2.05) is 6.92 Å². The largest absolute Gasteiger partial charge is 0.494 e. The molecule has 0 saturated carbocycles. The van der Waals surface area contributed by atoms with Crippen molar-refractivity contribution >= 4 is 0 Å². The van der Waals surface area contributed by atoms with Crippen LogP contribution in [0, 0.1) is 17.6 Å². The van der Waals surface area contributed by atoms with Crippen molar-refractivity contribution in [2.75, 3.05) is 13.7 Å². The molecular weight excluding hydrogens is 212 g/mol. The summed E-state index contributed by atoms with van der Waals surface area (Å²) < 4.78 is 31.6. The summed E-state index contributed by atoms with van der Waals surface area (Å²) in [4.78, 5) is 0. The topological polar surface area (TPSA) is 35.2 Å². The molecule has 90 valence electrons. The van der Waals surface area contributed by atoms with E-state index in [1.54, 1.807) is 0 Å². The Kier molecular flexibility index (Phi) is 4.68. The minimum atomic E-state index is -0.536. The van der Waals surface area contributed by atoms with Gasteiger partial charge in [-0.2, -0.15) is 0 Å². The lowest BCUT2D eigenvalue weighted by molar-refractivity contribution is 0.380. The van der Waals surface area contributed by atoms with Gasteiger partial charge in [0.05, 0.1) is 7.11 Å². The lowest BCUT2D eigenvalue weighted by Crippen LogP contribution is -2.16. The summed E-state index contributed by atoms with van der Waals surface area (Å²) in [5.41, 5.74) is 5.89. The summed E-state index contributed by atoms with van der Waals surface area (Å²) >= 11 is 0. The van der Waals surface area contributed by atoms with Gasteiger partial charge in [-0.3, -0.25) is 0 Å². The van der Waals surface area contributed by atoms with Crippen molar-refractivity contribution in [3.63, 3.8) is 0 Å². The van der Waals surface area contributed by atoms with Gasteiger partial charge in [-0.05, 0) is 30.5 Å². The van der Waals surface area contributed by atoms with Crippen LogP contribution in [-0.2, 0) is 6.42 Å². The van der Waals surface area contributed by atoms with Crippen LogP contribution in [0.2, 0.25) is 0 Å². The Bertz CT molecular complexity index is 351. The molecule has 0 bridgehead atoms. The zero-order valence-electron chi connectivity index (χ0n) is 9.59. The molecule has 1 aromatic carbocycles. The van der Waals surface area contributed by atoms with Gasteiger partial charge in [0.2, 0.25) is 0 Å². The maximum Gasteiger partial charge on any atom is 0.165 e. The summed E-state index contributed by atoms with van der Waals surface area (Å²) in [7, 11) is 1.31. The molecule has 0 heterocycles. The quantitative estimate of drug-likeness (QED) is 0.842. The van der Waals surface area contributed by atoms with Crippen LogP contribution >= 0.6 is 0 Å². The predicted molar refractivity (Wildman–Crippen MR) is 59.4 cm³/mol. The summed E-state index contributed by atoms with van der Waals surface area (Å²) in [6, 6.07) is 2.26. The first kappa shape index (κ1) is 12.9. The van der Waals surface area contributed by atoms with Crippen molar-refractivity contribution in [2.45, 2.75) is 19.8 Å². The van der Waals surface area contributed by atoms with Crippen LogP contribution in [0.5, 0.6) is 5.75 Å². The van der Waals surface area contributed by atoms with E-state index in [1.165, 1.54) is 13.2 Å². The number of benzene rings is 1. The van der Waals surface area contributed by atoms with Crippen LogP contribution in [0.1, 0.15) is 18.9 Å². The normalized spacial score (nSPS) is 12.6. The van der Waals surface area contributed by atoms with Crippen LogP contribution in [0.3, 0.4) is 0 Å². The zero-order valence-corrected chi connectivity index (χ0v) is 9.59. The van der Waals surface area contributed by atoms with Crippen LogP contribution < -0.4 is 10.5 Å². The van der Waals surface area contributed by atoms with Gasteiger partial charge in [-0.1, -0.05) is 13.3 Å². The van der Waals surface area contributed by atoms with E-state index >= 15 is 0 Å². The Morgan fingerprint density at radius 2 is 2.00 bits per heavy atom. The van der Waals surface area contributed by atoms with Gasteiger partial charge in [0.25, 0.3) is 0 Å². The molecule has 0 aliphatic rings. The molecule has 1 rings (SSSR count). The number of methoxy groups -OCH3 is 1. The maximum atomic E-state index is 13.6. The molecule has 4 heteroatoms. The third-order valence-corrected chi connectivity index (χ3v) is 2.74. The van der Waals surface area contributed by atoms with Crippen molar-refractivity contribution in [1.29, 1.82) is 0 Å². The van der Waals surface area contributed by atoms with E-state index in [-0.39, 0.29) is 11.7 Å². The Balaban J connectivity index is 2.92. The molecular formula is C12H17F2NO. The fourth-order valence-corrected chi connectivity index (χ4v) is 1.59. The highest BCUT2D eigenvalue weighted by molar-refractivity contribution is 5.31. The Morgan fingerprint density at radius 1 is 1.31 bits per heavy atom. The minimum Gasteiger partial charge on any atom is -0.494 e. The highest BCUT2D eigenvalue weighted by Crippen LogP contribution is 2.23. The highest BCUT2D eigenvalue weighted by atomic mass is 19.1. The monoisotopic (exact) mass is 229 g/mol. The summed E-state index contributed by atoms with van der Waals surface area (Å²) in [6.07, 6.45) is 1.31. The first-order valence-corrected chi connectivity index (χ1v) is 5.34. The van der Waals surface area contributed by atoms with E-state index in [2.05, 4.69) is 0 Å². The maximum absolute atomic E-state index is 13.6. The summed E-state index contributed by atoms with van der Waals surface area (Å²) in [5.74, 6) is -0.861. The third-order valence-electron chi connectivity index (χ3n) is 2.74. The molecule has 1 atom stereocenters. The number of nitrogens with two attached hydrogens (primary N) is 1. The second-order valence-corrected chi connectivity index (χ2v) is 3.79. The average molecular weight is 229 g/mol. The van der Waals surface area contributed by atoms with Gasteiger partial charge < -0.3 is 10.5 Å². The van der Waals surface area contributed by atoms with Crippen molar-refractivity contribution in [2.24, 2.45) is 11.7 Å².